The highest BCUT2D eigenvalue weighted by Gasteiger charge is 2.44. The summed E-state index contributed by atoms with van der Waals surface area (Å²) in [5.41, 5.74) is 8.86. The molecule has 3 rings (SSSR count). The molecule has 0 aromatic heterocycles. The van der Waals surface area contributed by atoms with Crippen molar-refractivity contribution in [3.63, 3.8) is 0 Å². The number of hydrogen-bond donors (Lipinski definition) is 3. The topological polar surface area (TPSA) is 111 Å². The summed E-state index contributed by atoms with van der Waals surface area (Å²) in [5.74, 6) is -1.39. The predicted octanol–water partition coefficient (Wildman–Crippen LogP) is 4.09. The Bertz CT molecular complexity index is 1020. The van der Waals surface area contributed by atoms with Gasteiger partial charge in [0.25, 0.3) is 0 Å². The fraction of sp³-hybridized carbons (Fsp3) is 0.292. The summed E-state index contributed by atoms with van der Waals surface area (Å²) in [6, 6.07) is 15.9. The molecule has 0 bridgehead atoms. The number of imide groups is 1. The van der Waals surface area contributed by atoms with E-state index in [0.717, 1.165) is 22.9 Å². The average Bonchev–Trinajstić information content (AvgIpc) is 3.12. The number of thioether (sulfide) groups is 1. The monoisotopic (exact) mass is 453 g/mol. The lowest BCUT2D eigenvalue weighted by molar-refractivity contribution is -0.138. The molecule has 2 atom stereocenters. The minimum absolute atomic E-state index is 0.190. The number of esters is 1. The van der Waals surface area contributed by atoms with E-state index < -0.39 is 29.1 Å². The van der Waals surface area contributed by atoms with Gasteiger partial charge in [0.2, 0.25) is 5.91 Å². The van der Waals surface area contributed by atoms with Crippen molar-refractivity contribution in [2.75, 3.05) is 11.9 Å². The van der Waals surface area contributed by atoms with Crippen molar-refractivity contribution >= 4 is 35.4 Å². The van der Waals surface area contributed by atoms with Crippen molar-refractivity contribution in [3.05, 3.63) is 76.3 Å². The van der Waals surface area contributed by atoms with Gasteiger partial charge in [-0.3, -0.25) is 10.1 Å². The van der Waals surface area contributed by atoms with Gasteiger partial charge < -0.3 is 15.8 Å². The van der Waals surface area contributed by atoms with E-state index in [2.05, 4.69) is 24.5 Å². The molecule has 4 N–H and O–H groups in total. The molecular formula is C24H27N3O4S. The molecule has 32 heavy (non-hydrogen) atoms. The van der Waals surface area contributed by atoms with Crippen molar-refractivity contribution in [2.45, 2.75) is 37.9 Å². The molecule has 2 unspecified atom stereocenters. The molecule has 1 heterocycles. The fourth-order valence-electron chi connectivity index (χ4n) is 3.51. The predicted molar refractivity (Wildman–Crippen MR) is 126 cm³/mol. The van der Waals surface area contributed by atoms with Crippen molar-refractivity contribution in [2.24, 2.45) is 5.73 Å². The molecule has 2 aromatic carbocycles. The van der Waals surface area contributed by atoms with E-state index in [1.54, 1.807) is 31.2 Å². The Morgan fingerprint density at radius 3 is 2.31 bits per heavy atom. The van der Waals surface area contributed by atoms with Crippen molar-refractivity contribution in [1.82, 2.24) is 5.32 Å². The third-order valence-corrected chi connectivity index (χ3v) is 6.33. The van der Waals surface area contributed by atoms with Crippen molar-refractivity contribution < 1.29 is 19.1 Å². The van der Waals surface area contributed by atoms with E-state index >= 15 is 0 Å². The van der Waals surface area contributed by atoms with Gasteiger partial charge >= 0.3 is 12.0 Å². The molecule has 168 valence electrons. The first-order valence-corrected chi connectivity index (χ1v) is 11.3. The third kappa shape index (κ3) is 5.31. The summed E-state index contributed by atoms with van der Waals surface area (Å²) < 4.78 is 5.20. The van der Waals surface area contributed by atoms with Gasteiger partial charge in [-0.05, 0) is 36.1 Å². The number of carbonyl (C=O) groups excluding carboxylic acids is 3. The Kier molecular flexibility index (Phi) is 7.58. The number of ether oxygens (including phenoxy) is 1. The van der Waals surface area contributed by atoms with Crippen molar-refractivity contribution in [1.29, 1.82) is 0 Å². The maximum absolute atomic E-state index is 13.0. The zero-order valence-corrected chi connectivity index (χ0v) is 19.1. The number of urea groups is 1. The lowest BCUT2D eigenvalue weighted by atomic mass is 9.87. The highest BCUT2D eigenvalue weighted by atomic mass is 32.2. The van der Waals surface area contributed by atoms with Gasteiger partial charge in [0, 0.05) is 11.6 Å². The summed E-state index contributed by atoms with van der Waals surface area (Å²) in [6.07, 6.45) is 0. The van der Waals surface area contributed by atoms with E-state index in [1.165, 1.54) is 0 Å². The molecule has 0 aliphatic carbocycles. The van der Waals surface area contributed by atoms with Crippen LogP contribution in [0.2, 0.25) is 0 Å². The van der Waals surface area contributed by atoms with Crippen LogP contribution >= 0.6 is 11.8 Å². The summed E-state index contributed by atoms with van der Waals surface area (Å²) in [4.78, 5) is 38.1. The van der Waals surface area contributed by atoms with E-state index in [4.69, 9.17) is 10.5 Å². The Morgan fingerprint density at radius 1 is 1.06 bits per heavy atom. The number of anilines is 1. The van der Waals surface area contributed by atoms with Crippen LogP contribution in [0.1, 0.15) is 43.7 Å². The second kappa shape index (κ2) is 10.4. The smallest absolute Gasteiger partial charge is 0.337 e. The van der Waals surface area contributed by atoms with Gasteiger partial charge in [-0.15, -0.1) is 0 Å². The SMILES string of the molecule is CCOC(=O)C1=C(N)SC(C(=O)NC(=O)Nc2ccccc2)C1c1ccc(C(C)C)cc1. The lowest BCUT2D eigenvalue weighted by Gasteiger charge is -2.21. The molecule has 0 saturated carbocycles. The molecule has 1 aliphatic heterocycles. The average molecular weight is 454 g/mol. The van der Waals surface area contributed by atoms with Crippen LogP contribution in [0, 0.1) is 0 Å². The molecular weight excluding hydrogens is 426 g/mol. The molecule has 2 aromatic rings. The van der Waals surface area contributed by atoms with Crippen LogP contribution < -0.4 is 16.4 Å². The first-order valence-electron chi connectivity index (χ1n) is 10.4. The van der Waals surface area contributed by atoms with Gasteiger partial charge in [-0.2, -0.15) is 0 Å². The Labute approximate surface area is 191 Å². The number of para-hydroxylation sites is 1. The Hall–Kier alpha value is -3.26. The molecule has 7 nitrogen and oxygen atoms in total. The molecule has 0 radical (unpaired) electrons. The van der Waals surface area contributed by atoms with Crippen LogP contribution in [-0.4, -0.2) is 29.8 Å². The molecule has 0 spiro atoms. The highest BCUT2D eigenvalue weighted by Crippen LogP contribution is 2.46. The van der Waals surface area contributed by atoms with Crippen molar-refractivity contribution in [3.8, 4) is 0 Å². The molecule has 8 heteroatoms. The maximum atomic E-state index is 13.0. The van der Waals surface area contributed by atoms with Gasteiger partial charge in [-0.1, -0.05) is 68.1 Å². The van der Waals surface area contributed by atoms with Gasteiger partial charge in [0.15, 0.2) is 0 Å². The van der Waals surface area contributed by atoms with Crippen LogP contribution in [-0.2, 0) is 14.3 Å². The zero-order valence-electron chi connectivity index (χ0n) is 18.3. The summed E-state index contributed by atoms with van der Waals surface area (Å²) in [7, 11) is 0. The number of rotatable bonds is 6. The van der Waals surface area contributed by atoms with E-state index in [0.29, 0.717) is 11.6 Å². The van der Waals surface area contributed by atoms with E-state index in [1.807, 2.05) is 30.3 Å². The van der Waals surface area contributed by atoms with Gasteiger partial charge in [-0.25, -0.2) is 9.59 Å². The Morgan fingerprint density at radius 2 is 1.72 bits per heavy atom. The molecule has 0 saturated heterocycles. The summed E-state index contributed by atoms with van der Waals surface area (Å²) in [6.45, 7) is 6.07. The highest BCUT2D eigenvalue weighted by molar-refractivity contribution is 8.04. The largest absolute Gasteiger partial charge is 0.463 e. The minimum atomic E-state index is -0.791. The number of benzene rings is 2. The van der Waals surface area contributed by atoms with E-state index in [-0.39, 0.29) is 17.2 Å². The number of carbonyl (C=O) groups is 3. The normalized spacial score (nSPS) is 17.9. The van der Waals surface area contributed by atoms with Gasteiger partial charge in [0.1, 0.15) is 5.25 Å². The van der Waals surface area contributed by atoms with Crippen LogP contribution in [0.15, 0.2) is 65.2 Å². The summed E-state index contributed by atoms with van der Waals surface area (Å²) in [5, 5.41) is 4.42. The second-order valence-electron chi connectivity index (χ2n) is 7.65. The zero-order chi connectivity index (χ0) is 23.3. The lowest BCUT2D eigenvalue weighted by Crippen LogP contribution is -2.41. The standard InChI is InChI=1S/C24H27N3O4S/c1-4-31-23(29)19-18(16-12-10-15(11-13-16)14(2)3)20(32-21(19)25)22(28)27-24(30)26-17-8-6-5-7-9-17/h5-14,18,20H,4,25H2,1-3H3,(H2,26,27,28,30). The third-order valence-electron chi connectivity index (χ3n) is 5.12. The molecule has 1 aliphatic rings. The fourth-order valence-corrected chi connectivity index (χ4v) is 4.72. The number of hydrogen-bond acceptors (Lipinski definition) is 6. The van der Waals surface area contributed by atoms with Crippen LogP contribution in [0.5, 0.6) is 0 Å². The number of nitrogens with one attached hydrogen (secondary N) is 2. The van der Waals surface area contributed by atoms with Gasteiger partial charge in [0.05, 0.1) is 17.2 Å². The second-order valence-corrected chi connectivity index (χ2v) is 8.83. The van der Waals surface area contributed by atoms with Crippen LogP contribution in [0.4, 0.5) is 10.5 Å². The quantitative estimate of drug-likeness (QED) is 0.568. The van der Waals surface area contributed by atoms with Crippen LogP contribution in [0.3, 0.4) is 0 Å². The summed E-state index contributed by atoms with van der Waals surface area (Å²) >= 11 is 1.06. The van der Waals surface area contributed by atoms with Crippen LogP contribution in [0.25, 0.3) is 0 Å². The first-order chi connectivity index (χ1) is 15.3. The Balaban J connectivity index is 1.85. The number of amides is 3. The minimum Gasteiger partial charge on any atom is -0.463 e. The first kappa shape index (κ1) is 23.4. The van der Waals surface area contributed by atoms with E-state index in [9.17, 15) is 14.4 Å². The molecule has 0 fully saturated rings. The maximum Gasteiger partial charge on any atom is 0.337 e. The molecule has 3 amide bonds. The number of nitrogens with two attached hydrogens (primary N) is 1.